The van der Waals surface area contributed by atoms with E-state index in [1.54, 1.807) is 0 Å². The van der Waals surface area contributed by atoms with Gasteiger partial charge >= 0.3 is 6.18 Å². The third-order valence-electron chi connectivity index (χ3n) is 4.34. The second-order valence-electron chi connectivity index (χ2n) is 6.90. The summed E-state index contributed by atoms with van der Waals surface area (Å²) in [5, 5.41) is 7.65. The van der Waals surface area contributed by atoms with Crippen LogP contribution in [-0.2, 0) is 21.0 Å². The van der Waals surface area contributed by atoms with Crippen LogP contribution in [0.15, 0.2) is 35.2 Å². The summed E-state index contributed by atoms with van der Waals surface area (Å²) in [5.41, 5.74) is 2.08. The predicted octanol–water partition coefficient (Wildman–Crippen LogP) is 3.35. The number of amides is 1. The van der Waals surface area contributed by atoms with Gasteiger partial charge in [-0.15, -0.1) is 0 Å². The Bertz CT molecular complexity index is 1030. The lowest BCUT2D eigenvalue weighted by Gasteiger charge is -2.22. The van der Waals surface area contributed by atoms with Gasteiger partial charge in [-0.2, -0.15) is 13.2 Å². The van der Waals surface area contributed by atoms with E-state index in [0.717, 1.165) is 22.8 Å². The molecule has 0 fully saturated rings. The molecule has 158 valence electrons. The number of benzene rings is 2. The second kappa shape index (κ2) is 8.03. The molecule has 6 nitrogen and oxygen atoms in total. The number of nitrogens with two attached hydrogens (primary N) is 1. The molecule has 0 aliphatic carbocycles. The first-order chi connectivity index (χ1) is 13.2. The average molecular weight is 429 g/mol. The van der Waals surface area contributed by atoms with Crippen LogP contribution >= 0.6 is 0 Å². The highest BCUT2D eigenvalue weighted by Crippen LogP contribution is 2.36. The fraction of sp³-hybridized carbons (Fsp3) is 0.316. The van der Waals surface area contributed by atoms with Crippen molar-refractivity contribution in [3.05, 3.63) is 52.6 Å². The summed E-state index contributed by atoms with van der Waals surface area (Å²) in [7, 11) is -3.12. The van der Waals surface area contributed by atoms with Crippen molar-refractivity contribution in [1.29, 1.82) is 0 Å². The van der Waals surface area contributed by atoms with Crippen LogP contribution in [0.4, 0.5) is 24.5 Å². The van der Waals surface area contributed by atoms with Gasteiger partial charge in [0, 0.05) is 18.4 Å². The number of hydrogen-bond donors (Lipinski definition) is 2. The smallest absolute Gasteiger partial charge is 0.365 e. The van der Waals surface area contributed by atoms with E-state index in [-0.39, 0.29) is 12.2 Å². The van der Waals surface area contributed by atoms with Crippen molar-refractivity contribution in [2.45, 2.75) is 31.8 Å². The van der Waals surface area contributed by atoms with E-state index in [9.17, 15) is 26.4 Å². The van der Waals surface area contributed by atoms with Crippen molar-refractivity contribution in [2.75, 3.05) is 23.8 Å². The molecule has 0 radical (unpaired) electrons. The monoisotopic (exact) mass is 429 g/mol. The van der Waals surface area contributed by atoms with Gasteiger partial charge in [0.05, 0.1) is 17.0 Å². The molecule has 0 aromatic heterocycles. The summed E-state index contributed by atoms with van der Waals surface area (Å²) >= 11 is 0. The van der Waals surface area contributed by atoms with Crippen molar-refractivity contribution < 1.29 is 26.4 Å². The maximum Gasteiger partial charge on any atom is 0.417 e. The molecule has 0 saturated heterocycles. The highest BCUT2D eigenvalue weighted by atomic mass is 32.2. The minimum Gasteiger partial charge on any atom is -0.365 e. The Labute approximate surface area is 167 Å². The molecule has 0 unspecified atom stereocenters. The zero-order valence-electron chi connectivity index (χ0n) is 16.4. The first kappa shape index (κ1) is 22.7. The summed E-state index contributed by atoms with van der Waals surface area (Å²) in [6, 6.07) is 6.44. The van der Waals surface area contributed by atoms with E-state index >= 15 is 0 Å². The lowest BCUT2D eigenvalue weighted by Crippen LogP contribution is -2.31. The number of nitrogens with one attached hydrogen (secondary N) is 1. The molecule has 0 heterocycles. The van der Waals surface area contributed by atoms with Crippen molar-refractivity contribution >= 4 is 27.3 Å². The van der Waals surface area contributed by atoms with Crippen LogP contribution in [0.1, 0.15) is 22.3 Å². The number of carbonyl (C=O) groups excluding carboxylic acids is 1. The summed E-state index contributed by atoms with van der Waals surface area (Å²) in [5.74, 6) is -0.424. The van der Waals surface area contributed by atoms with Gasteiger partial charge in [-0.05, 0) is 50.1 Å². The second-order valence-corrected chi connectivity index (χ2v) is 8.43. The van der Waals surface area contributed by atoms with Gasteiger partial charge in [-0.3, -0.25) is 4.79 Å². The summed E-state index contributed by atoms with van der Waals surface area (Å²) in [4.78, 5) is 12.7. The summed E-state index contributed by atoms with van der Waals surface area (Å²) in [6.45, 7) is 5.39. The fourth-order valence-corrected chi connectivity index (χ4v) is 3.83. The predicted molar refractivity (Wildman–Crippen MR) is 105 cm³/mol. The number of anilines is 2. The number of primary sulfonamides is 1. The first-order valence-corrected chi connectivity index (χ1v) is 10.1. The number of rotatable bonds is 5. The van der Waals surface area contributed by atoms with Gasteiger partial charge < -0.3 is 10.2 Å². The van der Waals surface area contributed by atoms with E-state index < -0.39 is 32.6 Å². The molecular formula is C19H22F3N3O3S. The van der Waals surface area contributed by atoms with Gasteiger partial charge in [0.25, 0.3) is 0 Å². The Morgan fingerprint density at radius 2 is 1.66 bits per heavy atom. The van der Waals surface area contributed by atoms with E-state index in [1.807, 2.05) is 32.9 Å². The zero-order valence-corrected chi connectivity index (χ0v) is 17.2. The summed E-state index contributed by atoms with van der Waals surface area (Å²) in [6.07, 6.45) is -4.92. The SMILES string of the molecule is Cc1cc(C)c(NC(=O)CN(C)c2ccc(S(N)(=O)=O)c(C(F)(F)F)c2)c(C)c1. The van der Waals surface area contributed by atoms with Gasteiger partial charge in [0.15, 0.2) is 0 Å². The van der Waals surface area contributed by atoms with Gasteiger partial charge in [0.1, 0.15) is 0 Å². The van der Waals surface area contributed by atoms with Crippen LogP contribution in [0.5, 0.6) is 0 Å². The highest BCUT2D eigenvalue weighted by Gasteiger charge is 2.37. The van der Waals surface area contributed by atoms with Crippen LogP contribution < -0.4 is 15.4 Å². The number of halogens is 3. The number of hydrogen-bond acceptors (Lipinski definition) is 4. The van der Waals surface area contributed by atoms with Crippen molar-refractivity contribution in [3.8, 4) is 0 Å². The Hall–Kier alpha value is -2.59. The van der Waals surface area contributed by atoms with Crippen LogP contribution in [0.2, 0.25) is 0 Å². The maximum atomic E-state index is 13.3. The number of sulfonamides is 1. The number of aryl methyl sites for hydroxylation is 3. The Morgan fingerprint density at radius 3 is 2.14 bits per heavy atom. The Morgan fingerprint density at radius 1 is 1.10 bits per heavy atom. The third kappa shape index (κ3) is 5.48. The quantitative estimate of drug-likeness (QED) is 0.762. The lowest BCUT2D eigenvalue weighted by molar-refractivity contribution is -0.139. The zero-order chi connectivity index (χ0) is 22.1. The molecule has 2 rings (SSSR count). The van der Waals surface area contributed by atoms with Crippen LogP contribution in [0, 0.1) is 20.8 Å². The standard InChI is InChI=1S/C19H22F3N3O3S/c1-11-7-12(2)18(13(3)8-11)24-17(26)10-25(4)14-5-6-16(29(23,27)28)15(9-14)19(20,21)22/h5-9H,10H2,1-4H3,(H,24,26)(H2,23,27,28). The van der Waals surface area contributed by atoms with Crippen LogP contribution in [0.25, 0.3) is 0 Å². The molecule has 29 heavy (non-hydrogen) atoms. The van der Waals surface area contributed by atoms with E-state index in [1.165, 1.54) is 18.0 Å². The first-order valence-electron chi connectivity index (χ1n) is 8.53. The lowest BCUT2D eigenvalue weighted by atomic mass is 10.1. The number of carbonyl (C=O) groups is 1. The Kier molecular flexibility index (Phi) is 6.29. The maximum absolute atomic E-state index is 13.3. The molecule has 0 bridgehead atoms. The van der Waals surface area contributed by atoms with E-state index in [4.69, 9.17) is 5.14 Å². The molecule has 0 atom stereocenters. The molecule has 1 amide bonds. The average Bonchev–Trinajstić information content (AvgIpc) is 2.56. The molecule has 3 N–H and O–H groups in total. The third-order valence-corrected chi connectivity index (χ3v) is 5.31. The van der Waals surface area contributed by atoms with Gasteiger partial charge in [0.2, 0.25) is 15.9 Å². The topological polar surface area (TPSA) is 92.5 Å². The van der Waals surface area contributed by atoms with Gasteiger partial charge in [-0.1, -0.05) is 17.7 Å². The number of nitrogens with zero attached hydrogens (tertiary/aromatic N) is 1. The normalized spacial score (nSPS) is 12.0. The van der Waals surface area contributed by atoms with E-state index in [2.05, 4.69) is 5.32 Å². The van der Waals surface area contributed by atoms with Crippen molar-refractivity contribution in [1.82, 2.24) is 0 Å². The molecule has 0 aliphatic rings. The molecule has 0 aliphatic heterocycles. The fourth-order valence-electron chi connectivity index (χ4n) is 3.09. The molecular weight excluding hydrogens is 407 g/mol. The van der Waals surface area contributed by atoms with Gasteiger partial charge in [-0.25, -0.2) is 13.6 Å². The number of alkyl halides is 3. The largest absolute Gasteiger partial charge is 0.417 e. The molecule has 0 saturated carbocycles. The molecule has 10 heteroatoms. The minimum absolute atomic E-state index is 0.0252. The molecule has 2 aromatic rings. The molecule has 0 spiro atoms. The number of likely N-dealkylation sites (N-methyl/N-ethyl adjacent to an activating group) is 1. The van der Waals surface area contributed by atoms with E-state index in [0.29, 0.717) is 11.8 Å². The van der Waals surface area contributed by atoms with Crippen molar-refractivity contribution in [3.63, 3.8) is 0 Å². The minimum atomic E-state index is -4.92. The molecule has 2 aromatic carbocycles. The summed E-state index contributed by atoms with van der Waals surface area (Å²) < 4.78 is 62.7. The van der Waals surface area contributed by atoms with Crippen molar-refractivity contribution in [2.24, 2.45) is 5.14 Å². The van der Waals surface area contributed by atoms with Crippen LogP contribution in [-0.4, -0.2) is 27.9 Å². The highest BCUT2D eigenvalue weighted by molar-refractivity contribution is 7.89. The van der Waals surface area contributed by atoms with Crippen LogP contribution in [0.3, 0.4) is 0 Å². The Balaban J connectivity index is 2.27.